The Kier molecular flexibility index (Phi) is 5.80. The number of amides is 2. The summed E-state index contributed by atoms with van der Waals surface area (Å²) in [5.41, 5.74) is 0.290. The van der Waals surface area contributed by atoms with E-state index in [1.54, 1.807) is 0 Å². The van der Waals surface area contributed by atoms with Crippen LogP contribution >= 0.6 is 11.3 Å². The van der Waals surface area contributed by atoms with Gasteiger partial charge in [0.15, 0.2) is 0 Å². The second kappa shape index (κ2) is 8.00. The van der Waals surface area contributed by atoms with Crippen LogP contribution in [0, 0.1) is 5.92 Å². The molecule has 3 aliphatic carbocycles. The van der Waals surface area contributed by atoms with Gasteiger partial charge in [0.25, 0.3) is 0 Å². The smallest absolute Gasteiger partial charge is 0.345 e. The standard InChI is InChI=1S/C18H21F4N3O4S2/c19-9-5-11(6-9)25-31(28,29)14-12-7-10(23-17(27)18(20,21)22)3-4-13(12)30-16(14)24-15(26)8-1-2-8/h8-11,25H,1-7H2,(H,23,27)(H,24,26)/t9-,10-,11+/m0/s1. The van der Waals surface area contributed by atoms with Gasteiger partial charge < -0.3 is 10.6 Å². The largest absolute Gasteiger partial charge is 0.471 e. The van der Waals surface area contributed by atoms with Crippen molar-refractivity contribution in [3.05, 3.63) is 10.4 Å². The van der Waals surface area contributed by atoms with Crippen molar-refractivity contribution in [2.45, 2.75) is 74.3 Å². The molecule has 2 fully saturated rings. The van der Waals surface area contributed by atoms with E-state index in [0.717, 1.165) is 11.3 Å². The number of aryl methyl sites for hydroxylation is 1. The second-order valence-corrected chi connectivity index (χ2v) is 11.0. The molecule has 172 valence electrons. The fourth-order valence-electron chi connectivity index (χ4n) is 3.80. The predicted octanol–water partition coefficient (Wildman–Crippen LogP) is 2.41. The second-order valence-electron chi connectivity index (χ2n) is 8.22. The lowest BCUT2D eigenvalue weighted by Crippen LogP contribution is -2.46. The Morgan fingerprint density at radius 3 is 2.32 bits per heavy atom. The summed E-state index contributed by atoms with van der Waals surface area (Å²) in [6.45, 7) is 0. The van der Waals surface area contributed by atoms with Crippen LogP contribution in [0.25, 0.3) is 0 Å². The number of nitrogens with one attached hydrogen (secondary N) is 3. The minimum absolute atomic E-state index is 0.0413. The zero-order valence-electron chi connectivity index (χ0n) is 16.2. The third-order valence-corrected chi connectivity index (χ3v) is 8.63. The van der Waals surface area contributed by atoms with Gasteiger partial charge in [0.1, 0.15) is 16.1 Å². The number of alkyl halides is 4. The zero-order valence-corrected chi connectivity index (χ0v) is 17.9. The molecule has 2 saturated carbocycles. The first-order valence-electron chi connectivity index (χ1n) is 9.93. The molecule has 1 atom stereocenters. The summed E-state index contributed by atoms with van der Waals surface area (Å²) in [6, 6.07) is -1.47. The summed E-state index contributed by atoms with van der Waals surface area (Å²) < 4.78 is 79.7. The van der Waals surface area contributed by atoms with Crippen molar-refractivity contribution in [2.24, 2.45) is 5.92 Å². The molecule has 7 nitrogen and oxygen atoms in total. The Morgan fingerprint density at radius 2 is 1.74 bits per heavy atom. The van der Waals surface area contributed by atoms with E-state index >= 15 is 0 Å². The number of thiophene rings is 1. The van der Waals surface area contributed by atoms with E-state index in [9.17, 15) is 35.6 Å². The number of anilines is 1. The molecule has 1 aromatic heterocycles. The average molecular weight is 484 g/mol. The summed E-state index contributed by atoms with van der Waals surface area (Å²) >= 11 is 1.08. The highest BCUT2D eigenvalue weighted by atomic mass is 32.2. The summed E-state index contributed by atoms with van der Waals surface area (Å²) in [5, 5.41) is 4.69. The van der Waals surface area contributed by atoms with Gasteiger partial charge in [-0.15, -0.1) is 11.3 Å². The van der Waals surface area contributed by atoms with Crippen LogP contribution in [0.15, 0.2) is 4.90 Å². The van der Waals surface area contributed by atoms with Crippen molar-refractivity contribution in [1.82, 2.24) is 10.0 Å². The van der Waals surface area contributed by atoms with Crippen molar-refractivity contribution in [2.75, 3.05) is 5.32 Å². The highest BCUT2D eigenvalue weighted by Gasteiger charge is 2.42. The van der Waals surface area contributed by atoms with Crippen molar-refractivity contribution >= 4 is 38.2 Å². The lowest BCUT2D eigenvalue weighted by Gasteiger charge is -2.30. The first kappa shape index (κ1) is 22.5. The quantitative estimate of drug-likeness (QED) is 0.541. The van der Waals surface area contributed by atoms with Gasteiger partial charge >= 0.3 is 12.1 Å². The maximum atomic E-state index is 13.2. The Hall–Kier alpha value is -1.73. The highest BCUT2D eigenvalue weighted by Crippen LogP contribution is 2.43. The van der Waals surface area contributed by atoms with Gasteiger partial charge in [-0.1, -0.05) is 0 Å². The first-order chi connectivity index (χ1) is 14.4. The lowest BCUT2D eigenvalue weighted by molar-refractivity contribution is -0.174. The molecule has 3 aliphatic rings. The highest BCUT2D eigenvalue weighted by molar-refractivity contribution is 7.90. The van der Waals surface area contributed by atoms with Crippen LogP contribution in [-0.2, 0) is 32.5 Å². The van der Waals surface area contributed by atoms with E-state index in [2.05, 4.69) is 10.0 Å². The molecule has 0 saturated heterocycles. The molecule has 3 N–H and O–H groups in total. The summed E-state index contributed by atoms with van der Waals surface area (Å²) in [5.74, 6) is -2.56. The van der Waals surface area contributed by atoms with Crippen LogP contribution < -0.4 is 15.4 Å². The molecule has 0 aromatic carbocycles. The van der Waals surface area contributed by atoms with Crippen molar-refractivity contribution < 1.29 is 35.6 Å². The third kappa shape index (κ3) is 4.87. The van der Waals surface area contributed by atoms with Crippen LogP contribution in [-0.4, -0.2) is 44.7 Å². The maximum Gasteiger partial charge on any atom is 0.471 e. The van der Waals surface area contributed by atoms with E-state index in [-0.39, 0.29) is 53.8 Å². The molecule has 0 unspecified atom stereocenters. The molecular weight excluding hydrogens is 462 g/mol. The minimum Gasteiger partial charge on any atom is -0.345 e. The molecule has 13 heteroatoms. The van der Waals surface area contributed by atoms with Gasteiger partial charge in [0.05, 0.1) is 0 Å². The number of halogens is 4. The Balaban J connectivity index is 1.62. The Labute approximate surface area is 180 Å². The predicted molar refractivity (Wildman–Crippen MR) is 104 cm³/mol. The molecule has 31 heavy (non-hydrogen) atoms. The van der Waals surface area contributed by atoms with Gasteiger partial charge in [-0.3, -0.25) is 9.59 Å². The number of sulfonamides is 1. The van der Waals surface area contributed by atoms with Gasteiger partial charge in [0, 0.05) is 22.9 Å². The monoisotopic (exact) mass is 483 g/mol. The van der Waals surface area contributed by atoms with E-state index in [1.807, 2.05) is 5.32 Å². The van der Waals surface area contributed by atoms with Gasteiger partial charge in [0.2, 0.25) is 15.9 Å². The lowest BCUT2D eigenvalue weighted by atomic mass is 9.92. The topological polar surface area (TPSA) is 104 Å². The molecular formula is C18H21F4N3O4S2. The van der Waals surface area contributed by atoms with Crippen molar-refractivity contribution in [3.8, 4) is 0 Å². The minimum atomic E-state index is -5.04. The average Bonchev–Trinajstić information content (AvgIpc) is 3.41. The third-order valence-electron chi connectivity index (χ3n) is 5.66. The van der Waals surface area contributed by atoms with Gasteiger partial charge in [-0.2, -0.15) is 13.2 Å². The van der Waals surface area contributed by atoms with Crippen LogP contribution in [0.2, 0.25) is 0 Å². The number of rotatable bonds is 6. The fraction of sp³-hybridized carbons (Fsp3) is 0.667. The van der Waals surface area contributed by atoms with E-state index in [4.69, 9.17) is 0 Å². The summed E-state index contributed by atoms with van der Waals surface area (Å²) in [4.78, 5) is 24.0. The molecule has 0 radical (unpaired) electrons. The molecule has 4 rings (SSSR count). The normalized spacial score (nSPS) is 26.0. The van der Waals surface area contributed by atoms with E-state index in [0.29, 0.717) is 23.3 Å². The van der Waals surface area contributed by atoms with Gasteiger partial charge in [-0.05, 0) is 50.5 Å². The maximum absolute atomic E-state index is 13.2. The van der Waals surface area contributed by atoms with Crippen molar-refractivity contribution in [1.29, 1.82) is 0 Å². The van der Waals surface area contributed by atoms with E-state index < -0.39 is 40.4 Å². The number of fused-ring (bicyclic) bond motifs is 1. The molecule has 2 amide bonds. The molecule has 1 heterocycles. The Bertz CT molecular complexity index is 998. The SMILES string of the molecule is O=C(Nc1sc2c(c1S(=O)(=O)N[C@H]1C[C@@H](F)C1)C[C@@H](NC(=O)C(F)(F)F)CC2)C1CC1. The van der Waals surface area contributed by atoms with Crippen LogP contribution in [0.1, 0.15) is 42.5 Å². The van der Waals surface area contributed by atoms with Crippen LogP contribution in [0.3, 0.4) is 0 Å². The number of hydrogen-bond acceptors (Lipinski definition) is 5. The summed E-state index contributed by atoms with van der Waals surface area (Å²) in [6.07, 6.45) is -4.25. The number of hydrogen-bond donors (Lipinski definition) is 3. The first-order valence-corrected chi connectivity index (χ1v) is 12.2. The molecule has 0 bridgehead atoms. The molecule has 0 aliphatic heterocycles. The Morgan fingerprint density at radius 1 is 1.06 bits per heavy atom. The molecule has 0 spiro atoms. The van der Waals surface area contributed by atoms with Crippen LogP contribution in [0.5, 0.6) is 0 Å². The summed E-state index contributed by atoms with van der Waals surface area (Å²) in [7, 11) is -4.16. The van der Waals surface area contributed by atoms with E-state index in [1.165, 1.54) is 0 Å². The number of carbonyl (C=O) groups excluding carboxylic acids is 2. The van der Waals surface area contributed by atoms with Crippen molar-refractivity contribution in [3.63, 3.8) is 0 Å². The number of carbonyl (C=O) groups is 2. The molecule has 1 aromatic rings. The van der Waals surface area contributed by atoms with Gasteiger partial charge in [-0.25, -0.2) is 17.5 Å². The fourth-order valence-corrected chi connectivity index (χ4v) is 7.03. The van der Waals surface area contributed by atoms with Crippen LogP contribution in [0.4, 0.5) is 22.6 Å². The zero-order chi connectivity index (χ0) is 22.6.